The Morgan fingerprint density at radius 3 is 2.68 bits per heavy atom. The van der Waals surface area contributed by atoms with Gasteiger partial charge in [0.05, 0.1) is 19.7 Å². The zero-order chi connectivity index (χ0) is 21.8. The Morgan fingerprint density at radius 1 is 1.35 bits per heavy atom. The molecular formula is C23H31BrF2N2O3. The van der Waals surface area contributed by atoms with Gasteiger partial charge in [-0.3, -0.25) is 0 Å². The van der Waals surface area contributed by atoms with Crippen LogP contribution in [0, 0.1) is 12.8 Å². The van der Waals surface area contributed by atoms with Crippen LogP contribution in [0.25, 0.3) is 0 Å². The smallest absolute Gasteiger partial charge is 0.343 e. The number of aryl methyl sites for hydroxylation is 2. The monoisotopic (exact) mass is 500 g/mol. The van der Waals surface area contributed by atoms with Crippen LogP contribution in [0.1, 0.15) is 50.4 Å². The predicted molar refractivity (Wildman–Crippen MR) is 108 cm³/mol. The third-order valence-electron chi connectivity index (χ3n) is 6.13. The molecule has 2 aromatic rings. The number of rotatable bonds is 8. The molecule has 0 bridgehead atoms. The molecule has 8 heteroatoms. The Balaban J connectivity index is 0.00000341. The summed E-state index contributed by atoms with van der Waals surface area (Å²) in [5.74, 6) is -3.50. The van der Waals surface area contributed by atoms with Crippen molar-refractivity contribution in [3.05, 3.63) is 54.1 Å². The highest BCUT2D eigenvalue weighted by Crippen LogP contribution is 2.45. The number of alkyl halides is 2. The number of ether oxygens (including phenoxy) is 1. The number of nitrogens with zero attached hydrogens (tertiary/aromatic N) is 2. The molecule has 172 valence electrons. The lowest BCUT2D eigenvalue weighted by Crippen LogP contribution is -3.00. The van der Waals surface area contributed by atoms with Crippen molar-refractivity contribution in [2.75, 3.05) is 6.61 Å². The number of carbonyl (C=O) groups is 1. The van der Waals surface area contributed by atoms with E-state index in [1.54, 1.807) is 30.3 Å². The Morgan fingerprint density at radius 2 is 2.06 bits per heavy atom. The highest BCUT2D eigenvalue weighted by molar-refractivity contribution is 5.81. The fourth-order valence-corrected chi connectivity index (χ4v) is 4.36. The van der Waals surface area contributed by atoms with E-state index in [1.165, 1.54) is 0 Å². The van der Waals surface area contributed by atoms with E-state index in [0.717, 1.165) is 12.4 Å². The molecule has 1 N–H and O–H groups in total. The van der Waals surface area contributed by atoms with Crippen LogP contribution >= 0.6 is 0 Å². The van der Waals surface area contributed by atoms with Crippen molar-refractivity contribution in [1.82, 2.24) is 4.57 Å². The molecule has 1 saturated carbocycles. The molecule has 5 nitrogen and oxygen atoms in total. The molecule has 1 aliphatic rings. The van der Waals surface area contributed by atoms with Gasteiger partial charge in [-0.05, 0) is 25.3 Å². The number of benzene rings is 1. The zero-order valence-electron chi connectivity index (χ0n) is 18.1. The number of aliphatic hydroxyl groups is 1. The maximum atomic E-state index is 14.1. The number of imidazole rings is 1. The maximum Gasteiger partial charge on any atom is 0.343 e. The minimum atomic E-state index is -2.88. The molecule has 0 spiro atoms. The Kier molecular flexibility index (Phi) is 8.77. The van der Waals surface area contributed by atoms with Gasteiger partial charge in [-0.15, -0.1) is 0 Å². The summed E-state index contributed by atoms with van der Waals surface area (Å²) in [6.07, 6.45) is 4.44. The van der Waals surface area contributed by atoms with E-state index < -0.39 is 29.8 Å². The van der Waals surface area contributed by atoms with Gasteiger partial charge in [-0.1, -0.05) is 30.3 Å². The average molecular weight is 501 g/mol. The lowest BCUT2D eigenvalue weighted by atomic mass is 9.72. The molecule has 1 aliphatic carbocycles. The van der Waals surface area contributed by atoms with Crippen LogP contribution in [0.15, 0.2) is 42.7 Å². The van der Waals surface area contributed by atoms with Crippen LogP contribution < -0.4 is 21.5 Å². The SMILES string of the molecule is CCn1cc[n+](CCCOC(=O)[C@](O)(c2ccccc2)[C@H]2CCCC(F)(F)C2)c1C.[Br-]. The van der Waals surface area contributed by atoms with Crippen LogP contribution in [0.5, 0.6) is 0 Å². The van der Waals surface area contributed by atoms with Gasteiger partial charge >= 0.3 is 5.97 Å². The van der Waals surface area contributed by atoms with Crippen molar-refractivity contribution >= 4 is 5.97 Å². The third-order valence-corrected chi connectivity index (χ3v) is 6.13. The third kappa shape index (κ3) is 5.71. The zero-order valence-corrected chi connectivity index (χ0v) is 19.7. The standard InChI is InChI=1S/C23H31F2N2O3.BrH/c1-3-26-14-15-27(18(26)2)13-8-16-30-21(28)23(29,19-9-5-4-6-10-19)20-11-7-12-22(24,25)17-20;/h4-6,9-10,14-15,20,29H,3,7-8,11-13,16-17H2,1-2H3;1H/q+1;/p-1/t20-,23-;/m0./s1. The first-order valence-electron chi connectivity index (χ1n) is 10.7. The normalized spacial score (nSPS) is 19.8. The predicted octanol–water partition coefficient (Wildman–Crippen LogP) is 0.755. The number of carbonyl (C=O) groups excluding carboxylic acids is 1. The van der Waals surface area contributed by atoms with E-state index in [1.807, 2.05) is 19.3 Å². The Labute approximate surface area is 192 Å². The molecule has 1 aromatic carbocycles. The van der Waals surface area contributed by atoms with Gasteiger partial charge in [0.25, 0.3) is 5.82 Å². The van der Waals surface area contributed by atoms with Crippen molar-refractivity contribution in [2.45, 2.75) is 70.6 Å². The second kappa shape index (κ2) is 10.7. The first kappa shape index (κ1) is 25.5. The first-order valence-corrected chi connectivity index (χ1v) is 10.7. The summed E-state index contributed by atoms with van der Waals surface area (Å²) in [5, 5.41) is 11.4. The molecule has 0 radical (unpaired) electrons. The quantitative estimate of drug-likeness (QED) is 0.330. The van der Waals surface area contributed by atoms with Gasteiger partial charge in [0.1, 0.15) is 12.4 Å². The average Bonchev–Trinajstić information content (AvgIpc) is 3.09. The van der Waals surface area contributed by atoms with Crippen molar-refractivity contribution < 1.29 is 45.0 Å². The summed E-state index contributed by atoms with van der Waals surface area (Å²) < 4.78 is 37.7. The van der Waals surface area contributed by atoms with Crippen LogP contribution in [0.3, 0.4) is 0 Å². The van der Waals surface area contributed by atoms with Crippen LogP contribution in [-0.2, 0) is 28.2 Å². The first-order chi connectivity index (χ1) is 14.3. The molecule has 3 rings (SSSR count). The molecule has 0 amide bonds. The van der Waals surface area contributed by atoms with Crippen molar-refractivity contribution in [2.24, 2.45) is 5.92 Å². The summed E-state index contributed by atoms with van der Waals surface area (Å²) in [5.41, 5.74) is -1.76. The second-order valence-electron chi connectivity index (χ2n) is 8.10. The Hall–Kier alpha value is -1.80. The summed E-state index contributed by atoms with van der Waals surface area (Å²) >= 11 is 0. The number of esters is 1. The van der Waals surface area contributed by atoms with E-state index in [2.05, 4.69) is 16.1 Å². The number of hydrogen-bond acceptors (Lipinski definition) is 3. The molecule has 0 aliphatic heterocycles. The lowest BCUT2D eigenvalue weighted by molar-refractivity contribution is -0.702. The highest BCUT2D eigenvalue weighted by atomic mass is 79.9. The molecule has 1 aromatic heterocycles. The van der Waals surface area contributed by atoms with Crippen molar-refractivity contribution in [3.63, 3.8) is 0 Å². The van der Waals surface area contributed by atoms with Crippen LogP contribution in [-0.4, -0.2) is 28.2 Å². The molecule has 1 heterocycles. The minimum absolute atomic E-state index is 0. The Bertz CT molecular complexity index is 860. The van der Waals surface area contributed by atoms with Gasteiger partial charge in [0, 0.05) is 32.1 Å². The molecule has 2 atom stereocenters. The summed E-state index contributed by atoms with van der Waals surface area (Å²) in [6.45, 7) is 5.74. The maximum absolute atomic E-state index is 14.1. The molecule has 0 unspecified atom stereocenters. The summed E-state index contributed by atoms with van der Waals surface area (Å²) in [4.78, 5) is 13.0. The minimum Gasteiger partial charge on any atom is -1.00 e. The largest absolute Gasteiger partial charge is 1.00 e. The summed E-state index contributed by atoms with van der Waals surface area (Å²) in [7, 11) is 0. The van der Waals surface area contributed by atoms with E-state index in [0.29, 0.717) is 24.9 Å². The number of aromatic nitrogens is 2. The van der Waals surface area contributed by atoms with Gasteiger partial charge in [0.2, 0.25) is 5.92 Å². The van der Waals surface area contributed by atoms with Crippen LogP contribution in [0.4, 0.5) is 8.78 Å². The van der Waals surface area contributed by atoms with E-state index in [9.17, 15) is 18.7 Å². The van der Waals surface area contributed by atoms with Gasteiger partial charge in [-0.25, -0.2) is 22.7 Å². The van der Waals surface area contributed by atoms with Gasteiger partial charge < -0.3 is 26.8 Å². The molecule has 31 heavy (non-hydrogen) atoms. The van der Waals surface area contributed by atoms with Crippen molar-refractivity contribution in [1.29, 1.82) is 0 Å². The van der Waals surface area contributed by atoms with E-state index >= 15 is 0 Å². The van der Waals surface area contributed by atoms with Gasteiger partial charge in [0.15, 0.2) is 5.60 Å². The highest BCUT2D eigenvalue weighted by Gasteiger charge is 2.52. The number of halogens is 3. The lowest BCUT2D eigenvalue weighted by Gasteiger charge is -2.39. The fraction of sp³-hybridized carbons (Fsp3) is 0.565. The molecule has 1 fully saturated rings. The fourth-order valence-electron chi connectivity index (χ4n) is 4.36. The van der Waals surface area contributed by atoms with E-state index in [-0.39, 0.29) is 36.4 Å². The number of hydrogen-bond donors (Lipinski definition) is 1. The topological polar surface area (TPSA) is 55.3 Å². The van der Waals surface area contributed by atoms with Gasteiger partial charge in [-0.2, -0.15) is 0 Å². The van der Waals surface area contributed by atoms with Crippen LogP contribution in [0.2, 0.25) is 0 Å². The van der Waals surface area contributed by atoms with Crippen molar-refractivity contribution in [3.8, 4) is 0 Å². The van der Waals surface area contributed by atoms with E-state index in [4.69, 9.17) is 4.74 Å². The molecular weight excluding hydrogens is 470 g/mol. The summed E-state index contributed by atoms with van der Waals surface area (Å²) in [6, 6.07) is 8.33. The second-order valence-corrected chi connectivity index (χ2v) is 8.10. The molecule has 0 saturated heterocycles.